The second-order valence-electron chi connectivity index (χ2n) is 8.52. The summed E-state index contributed by atoms with van der Waals surface area (Å²) >= 11 is 0. The zero-order chi connectivity index (χ0) is 22.1. The van der Waals surface area contributed by atoms with Gasteiger partial charge in [-0.1, -0.05) is 107 Å². The molecule has 31 heavy (non-hydrogen) atoms. The third kappa shape index (κ3) is 3.61. The molecule has 0 radical (unpaired) electrons. The van der Waals surface area contributed by atoms with Crippen LogP contribution in [0.15, 0.2) is 78.9 Å². The van der Waals surface area contributed by atoms with Crippen LogP contribution in [0.1, 0.15) is 61.8 Å². The third-order valence-electron chi connectivity index (χ3n) is 5.77. The number of para-hydroxylation sites is 1. The Labute approximate surface area is 184 Å². The predicted molar refractivity (Wildman–Crippen MR) is 127 cm³/mol. The molecular weight excluding hydrogens is 382 g/mol. The smallest absolute Gasteiger partial charge is 0.266 e. The van der Waals surface area contributed by atoms with E-state index in [4.69, 9.17) is 0 Å². The van der Waals surface area contributed by atoms with Crippen LogP contribution in [0.3, 0.4) is 0 Å². The largest absolute Gasteiger partial charge is 0.268 e. The maximum Gasteiger partial charge on any atom is 0.266 e. The van der Waals surface area contributed by atoms with Crippen LogP contribution in [0, 0.1) is 0 Å². The number of anilines is 1. The van der Waals surface area contributed by atoms with E-state index in [2.05, 4.69) is 27.7 Å². The summed E-state index contributed by atoms with van der Waals surface area (Å²) in [6.45, 7) is 8.38. The molecule has 3 heteroatoms. The molecule has 156 valence electrons. The van der Waals surface area contributed by atoms with Crippen molar-refractivity contribution in [2.45, 2.75) is 39.5 Å². The van der Waals surface area contributed by atoms with Crippen molar-refractivity contribution in [3.05, 3.63) is 101 Å². The molecule has 0 saturated carbocycles. The van der Waals surface area contributed by atoms with Gasteiger partial charge in [-0.2, -0.15) is 0 Å². The zero-order valence-corrected chi connectivity index (χ0v) is 18.4. The van der Waals surface area contributed by atoms with Crippen molar-refractivity contribution in [3.63, 3.8) is 0 Å². The first kappa shape index (κ1) is 20.8. The molecule has 1 heterocycles. The summed E-state index contributed by atoms with van der Waals surface area (Å²) < 4.78 is 0. The average molecular weight is 410 g/mol. The molecular formula is C28H27NO2. The van der Waals surface area contributed by atoms with Crippen LogP contribution in [-0.2, 0) is 9.59 Å². The fraction of sp³-hybridized carbons (Fsp3) is 0.214. The summed E-state index contributed by atoms with van der Waals surface area (Å²) in [6, 6.07) is 25.0. The number of carbonyl (C=O) groups excluding carboxylic acids is 2. The Bertz CT molecular complexity index is 1070. The molecule has 0 aromatic heterocycles. The van der Waals surface area contributed by atoms with Crippen LogP contribution in [0.25, 0.3) is 11.1 Å². The van der Waals surface area contributed by atoms with Crippen molar-refractivity contribution in [1.82, 2.24) is 0 Å². The molecule has 0 atom stereocenters. The molecule has 0 N–H and O–H groups in total. The van der Waals surface area contributed by atoms with Crippen molar-refractivity contribution < 1.29 is 9.59 Å². The number of imide groups is 1. The molecule has 1 aliphatic heterocycles. The molecule has 0 spiro atoms. The van der Waals surface area contributed by atoms with Gasteiger partial charge in [0.25, 0.3) is 11.8 Å². The van der Waals surface area contributed by atoms with E-state index in [0.717, 1.165) is 27.9 Å². The van der Waals surface area contributed by atoms with E-state index >= 15 is 0 Å². The van der Waals surface area contributed by atoms with Gasteiger partial charge < -0.3 is 0 Å². The Kier molecular flexibility index (Phi) is 5.60. The van der Waals surface area contributed by atoms with E-state index in [9.17, 15) is 9.59 Å². The lowest BCUT2D eigenvalue weighted by Crippen LogP contribution is -2.33. The summed E-state index contributed by atoms with van der Waals surface area (Å²) in [5.41, 5.74) is 5.20. The summed E-state index contributed by atoms with van der Waals surface area (Å²) in [7, 11) is 0. The van der Waals surface area contributed by atoms with Crippen LogP contribution in [0.2, 0.25) is 0 Å². The molecule has 3 aromatic rings. The highest BCUT2D eigenvalue weighted by molar-refractivity contribution is 6.57. The first-order chi connectivity index (χ1) is 14.9. The van der Waals surface area contributed by atoms with Crippen molar-refractivity contribution in [2.75, 3.05) is 4.90 Å². The van der Waals surface area contributed by atoms with Crippen molar-refractivity contribution in [1.29, 1.82) is 0 Å². The van der Waals surface area contributed by atoms with E-state index in [-0.39, 0.29) is 23.7 Å². The SMILES string of the molecule is CC(C)c1cccc(C(C)C)c1N1C(=O)C(c2ccccc2)=C(c2ccccc2)C1=O. The van der Waals surface area contributed by atoms with Gasteiger partial charge in [0.2, 0.25) is 0 Å². The van der Waals surface area contributed by atoms with Gasteiger partial charge in [0, 0.05) is 0 Å². The first-order valence-corrected chi connectivity index (χ1v) is 10.8. The van der Waals surface area contributed by atoms with Crippen molar-refractivity contribution in [3.8, 4) is 0 Å². The molecule has 4 rings (SSSR count). The van der Waals surface area contributed by atoms with Gasteiger partial charge in [-0.3, -0.25) is 9.59 Å². The van der Waals surface area contributed by atoms with Gasteiger partial charge in [-0.05, 0) is 34.1 Å². The highest BCUT2D eigenvalue weighted by atomic mass is 16.2. The number of carbonyl (C=O) groups is 2. The minimum Gasteiger partial charge on any atom is -0.268 e. The lowest BCUT2D eigenvalue weighted by Gasteiger charge is -2.26. The van der Waals surface area contributed by atoms with Gasteiger partial charge in [-0.25, -0.2) is 4.90 Å². The Balaban J connectivity index is 1.98. The van der Waals surface area contributed by atoms with Crippen molar-refractivity contribution in [2.24, 2.45) is 0 Å². The number of hydrogen-bond donors (Lipinski definition) is 0. The molecule has 0 bridgehead atoms. The number of amides is 2. The Hall–Kier alpha value is -3.46. The second-order valence-corrected chi connectivity index (χ2v) is 8.52. The third-order valence-corrected chi connectivity index (χ3v) is 5.77. The Morgan fingerprint density at radius 2 is 0.935 bits per heavy atom. The maximum atomic E-state index is 13.9. The van der Waals surface area contributed by atoms with Gasteiger partial charge in [0.1, 0.15) is 0 Å². The fourth-order valence-corrected chi connectivity index (χ4v) is 4.25. The molecule has 2 amide bonds. The molecule has 3 aromatic carbocycles. The summed E-state index contributed by atoms with van der Waals surface area (Å²) in [5.74, 6) is -0.166. The monoisotopic (exact) mass is 409 g/mol. The standard InChI is InChI=1S/C28H27NO2/c1-18(2)22-16-11-17-23(19(3)4)26(22)29-27(30)24(20-12-7-5-8-13-20)25(28(29)31)21-14-9-6-10-15-21/h5-19H,1-4H3. The number of benzene rings is 3. The quantitative estimate of drug-likeness (QED) is 0.456. The maximum absolute atomic E-state index is 13.9. The van der Waals surface area contributed by atoms with E-state index in [1.54, 1.807) is 0 Å². The minimum atomic E-state index is -0.259. The lowest BCUT2D eigenvalue weighted by atomic mass is 9.91. The number of nitrogens with zero attached hydrogens (tertiary/aromatic N) is 1. The number of hydrogen-bond acceptors (Lipinski definition) is 2. The molecule has 0 saturated heterocycles. The normalized spacial score (nSPS) is 14.3. The van der Waals surface area contributed by atoms with Gasteiger partial charge in [0.15, 0.2) is 0 Å². The molecule has 0 aliphatic carbocycles. The summed E-state index contributed by atoms with van der Waals surface area (Å²) in [6.07, 6.45) is 0. The van der Waals surface area contributed by atoms with Gasteiger partial charge >= 0.3 is 0 Å². The van der Waals surface area contributed by atoms with E-state index in [1.165, 1.54) is 4.90 Å². The van der Waals surface area contributed by atoms with Gasteiger partial charge in [0.05, 0.1) is 16.8 Å². The van der Waals surface area contributed by atoms with Crippen LogP contribution < -0.4 is 4.90 Å². The van der Waals surface area contributed by atoms with E-state index in [0.29, 0.717) is 11.1 Å². The highest BCUT2D eigenvalue weighted by Gasteiger charge is 2.42. The summed E-state index contributed by atoms with van der Waals surface area (Å²) in [4.78, 5) is 29.2. The molecule has 0 fully saturated rings. The highest BCUT2D eigenvalue weighted by Crippen LogP contribution is 2.43. The van der Waals surface area contributed by atoms with Crippen LogP contribution in [0.5, 0.6) is 0 Å². The van der Waals surface area contributed by atoms with Crippen LogP contribution in [-0.4, -0.2) is 11.8 Å². The molecule has 3 nitrogen and oxygen atoms in total. The Morgan fingerprint density at radius 1 is 0.548 bits per heavy atom. The first-order valence-electron chi connectivity index (χ1n) is 10.8. The summed E-state index contributed by atoms with van der Waals surface area (Å²) in [5, 5.41) is 0. The molecule has 1 aliphatic rings. The second kappa shape index (κ2) is 8.35. The van der Waals surface area contributed by atoms with E-state index in [1.807, 2.05) is 78.9 Å². The Morgan fingerprint density at radius 3 is 1.29 bits per heavy atom. The minimum absolute atomic E-state index is 0.176. The van der Waals surface area contributed by atoms with E-state index < -0.39 is 0 Å². The van der Waals surface area contributed by atoms with Crippen molar-refractivity contribution >= 4 is 28.6 Å². The average Bonchev–Trinajstić information content (AvgIpc) is 3.04. The van der Waals surface area contributed by atoms with Crippen LogP contribution in [0.4, 0.5) is 5.69 Å². The topological polar surface area (TPSA) is 37.4 Å². The molecule has 0 unspecified atom stereocenters. The lowest BCUT2D eigenvalue weighted by molar-refractivity contribution is -0.119. The fourth-order valence-electron chi connectivity index (χ4n) is 4.25. The van der Waals surface area contributed by atoms with Gasteiger partial charge in [-0.15, -0.1) is 0 Å². The number of rotatable bonds is 5. The van der Waals surface area contributed by atoms with Crippen LogP contribution >= 0.6 is 0 Å². The predicted octanol–water partition coefficient (Wildman–Crippen LogP) is 6.42. The zero-order valence-electron chi connectivity index (χ0n) is 18.4.